The van der Waals surface area contributed by atoms with E-state index in [-0.39, 0.29) is 30.7 Å². The lowest BCUT2D eigenvalue weighted by molar-refractivity contribution is -0.121. The molecule has 0 radical (unpaired) electrons. The summed E-state index contributed by atoms with van der Waals surface area (Å²) in [5.41, 5.74) is 3.43. The van der Waals surface area contributed by atoms with E-state index < -0.39 is 0 Å². The Hall–Kier alpha value is -3.55. The van der Waals surface area contributed by atoms with Crippen LogP contribution in [0.2, 0.25) is 0 Å². The predicted octanol–water partition coefficient (Wildman–Crippen LogP) is 3.67. The van der Waals surface area contributed by atoms with Crippen LogP contribution in [0.3, 0.4) is 0 Å². The molecule has 7 heteroatoms. The van der Waals surface area contributed by atoms with Crippen molar-refractivity contribution in [1.29, 1.82) is 0 Å². The zero-order chi connectivity index (χ0) is 25.8. The molecule has 37 heavy (non-hydrogen) atoms. The number of piperazine rings is 1. The largest absolute Gasteiger partial charge is 0.352 e. The number of carbonyl (C=O) groups is 3. The van der Waals surface area contributed by atoms with Crippen LogP contribution in [0.1, 0.15) is 51.6 Å². The van der Waals surface area contributed by atoms with Crippen molar-refractivity contribution < 1.29 is 14.4 Å². The number of benzene rings is 3. The lowest BCUT2D eigenvalue weighted by atomic mass is 9.94. The van der Waals surface area contributed by atoms with Gasteiger partial charge in [-0.2, -0.15) is 0 Å². The highest BCUT2D eigenvalue weighted by atomic mass is 16.2. The van der Waals surface area contributed by atoms with Gasteiger partial charge in [-0.3, -0.25) is 24.2 Å². The summed E-state index contributed by atoms with van der Waals surface area (Å²) in [6, 6.07) is 19.4. The molecule has 0 unspecified atom stereocenters. The lowest BCUT2D eigenvalue weighted by Crippen LogP contribution is -2.45. The normalized spacial score (nSPS) is 16.4. The minimum absolute atomic E-state index is 0.0859. The average Bonchev–Trinajstić information content (AvgIpc) is 2.93. The first-order valence-corrected chi connectivity index (χ1v) is 13.2. The maximum absolute atomic E-state index is 13.0. The first-order valence-electron chi connectivity index (χ1n) is 13.2. The minimum atomic E-state index is -0.290. The Morgan fingerprint density at radius 2 is 1.41 bits per heavy atom. The standard InChI is InChI=1S/C30H34N4O3/c1-2-32-16-18-33(19-17-32)21-23-13-11-22(12-14-23)20-31-27(35)10-5-15-34-29(36)25-8-3-6-24-7-4-9-26(28(24)25)30(34)37/h3-4,6-9,11-14H,2,5,10,15-21H2,1H3,(H,31,35). The second kappa shape index (κ2) is 11.2. The SMILES string of the molecule is CCN1CCN(Cc2ccc(CNC(=O)CCCN3C(=O)c4cccc5cccc(c45)C3=O)cc2)CC1. The van der Waals surface area contributed by atoms with Gasteiger partial charge in [0.15, 0.2) is 0 Å². The maximum atomic E-state index is 13.0. The second-order valence-electron chi connectivity index (χ2n) is 9.88. The summed E-state index contributed by atoms with van der Waals surface area (Å²) in [6.45, 7) is 9.43. The van der Waals surface area contributed by atoms with E-state index in [9.17, 15) is 14.4 Å². The molecule has 3 aromatic rings. The van der Waals surface area contributed by atoms with E-state index in [1.54, 1.807) is 12.1 Å². The molecule has 2 heterocycles. The van der Waals surface area contributed by atoms with E-state index in [1.807, 2.05) is 24.3 Å². The van der Waals surface area contributed by atoms with Crippen molar-refractivity contribution in [3.05, 3.63) is 82.9 Å². The van der Waals surface area contributed by atoms with E-state index >= 15 is 0 Å². The van der Waals surface area contributed by atoms with Gasteiger partial charge in [0.1, 0.15) is 0 Å². The van der Waals surface area contributed by atoms with Gasteiger partial charge >= 0.3 is 0 Å². The van der Waals surface area contributed by atoms with E-state index in [4.69, 9.17) is 0 Å². The van der Waals surface area contributed by atoms with E-state index in [0.29, 0.717) is 24.1 Å². The van der Waals surface area contributed by atoms with Gasteiger partial charge in [-0.25, -0.2) is 0 Å². The number of rotatable bonds is 9. The molecule has 3 amide bonds. The third kappa shape index (κ3) is 5.58. The van der Waals surface area contributed by atoms with Crippen LogP contribution >= 0.6 is 0 Å². The topological polar surface area (TPSA) is 73.0 Å². The van der Waals surface area contributed by atoms with Crippen LogP contribution < -0.4 is 5.32 Å². The molecule has 2 aliphatic heterocycles. The number of nitrogens with zero attached hydrogens (tertiary/aromatic N) is 3. The van der Waals surface area contributed by atoms with Crippen molar-refractivity contribution in [2.24, 2.45) is 0 Å². The fourth-order valence-corrected chi connectivity index (χ4v) is 5.25. The fraction of sp³-hybridized carbons (Fsp3) is 0.367. The molecule has 1 fully saturated rings. The van der Waals surface area contributed by atoms with Crippen molar-refractivity contribution in [3.8, 4) is 0 Å². The minimum Gasteiger partial charge on any atom is -0.352 e. The molecule has 0 saturated carbocycles. The first-order chi connectivity index (χ1) is 18.0. The predicted molar refractivity (Wildman–Crippen MR) is 144 cm³/mol. The number of imide groups is 1. The summed E-state index contributed by atoms with van der Waals surface area (Å²) in [6.07, 6.45) is 0.677. The molecule has 3 aromatic carbocycles. The number of nitrogens with one attached hydrogen (secondary N) is 1. The summed E-state index contributed by atoms with van der Waals surface area (Å²) in [4.78, 5) is 44.6. The smallest absolute Gasteiger partial charge is 0.261 e. The fourth-order valence-electron chi connectivity index (χ4n) is 5.25. The molecular formula is C30H34N4O3. The van der Waals surface area contributed by atoms with Crippen molar-refractivity contribution in [3.63, 3.8) is 0 Å². The van der Waals surface area contributed by atoms with Gasteiger partial charge in [0.2, 0.25) is 5.91 Å². The Labute approximate surface area is 218 Å². The Morgan fingerprint density at radius 1 is 0.811 bits per heavy atom. The van der Waals surface area contributed by atoms with Gasteiger partial charge in [-0.15, -0.1) is 0 Å². The molecule has 7 nitrogen and oxygen atoms in total. The summed E-state index contributed by atoms with van der Waals surface area (Å²) < 4.78 is 0. The van der Waals surface area contributed by atoms with Crippen LogP contribution in [0, 0.1) is 0 Å². The van der Waals surface area contributed by atoms with Crippen LogP contribution in [-0.4, -0.2) is 71.7 Å². The maximum Gasteiger partial charge on any atom is 0.261 e. The Balaban J connectivity index is 1.07. The zero-order valence-corrected chi connectivity index (χ0v) is 21.4. The van der Waals surface area contributed by atoms with Crippen LogP contribution in [0.4, 0.5) is 0 Å². The highest BCUT2D eigenvalue weighted by molar-refractivity contribution is 6.25. The first kappa shape index (κ1) is 25.1. The van der Waals surface area contributed by atoms with Crippen molar-refractivity contribution >= 4 is 28.5 Å². The summed E-state index contributed by atoms with van der Waals surface area (Å²) in [5.74, 6) is -0.665. The highest BCUT2D eigenvalue weighted by Crippen LogP contribution is 2.30. The lowest BCUT2D eigenvalue weighted by Gasteiger charge is -2.34. The molecule has 1 saturated heterocycles. The zero-order valence-electron chi connectivity index (χ0n) is 21.4. The molecule has 0 atom stereocenters. The summed E-state index contributed by atoms with van der Waals surface area (Å²) in [7, 11) is 0. The van der Waals surface area contributed by atoms with Gasteiger partial charge in [-0.05, 0) is 41.6 Å². The molecule has 192 valence electrons. The van der Waals surface area contributed by atoms with Crippen molar-refractivity contribution in [1.82, 2.24) is 20.0 Å². The van der Waals surface area contributed by atoms with E-state index in [2.05, 4.69) is 46.3 Å². The molecule has 5 rings (SSSR count). The van der Waals surface area contributed by atoms with Crippen LogP contribution in [-0.2, 0) is 17.9 Å². The molecule has 0 bridgehead atoms. The van der Waals surface area contributed by atoms with Crippen molar-refractivity contribution in [2.45, 2.75) is 32.9 Å². The molecule has 2 aliphatic rings. The number of hydrogen-bond donors (Lipinski definition) is 1. The van der Waals surface area contributed by atoms with E-state index in [0.717, 1.165) is 55.6 Å². The Morgan fingerprint density at radius 3 is 2.03 bits per heavy atom. The van der Waals surface area contributed by atoms with Gasteiger partial charge in [-0.1, -0.05) is 55.5 Å². The number of amides is 3. The van der Waals surface area contributed by atoms with E-state index in [1.165, 1.54) is 10.5 Å². The highest BCUT2D eigenvalue weighted by Gasteiger charge is 2.32. The molecule has 1 N–H and O–H groups in total. The number of likely N-dealkylation sites (N-methyl/N-ethyl adjacent to an activating group) is 1. The second-order valence-corrected chi connectivity index (χ2v) is 9.88. The average molecular weight is 499 g/mol. The quantitative estimate of drug-likeness (QED) is 0.456. The summed E-state index contributed by atoms with van der Waals surface area (Å²) in [5, 5.41) is 4.57. The van der Waals surface area contributed by atoms with Crippen LogP contribution in [0.25, 0.3) is 10.8 Å². The monoisotopic (exact) mass is 498 g/mol. The Kier molecular flexibility index (Phi) is 7.63. The van der Waals surface area contributed by atoms with Gasteiger partial charge in [0, 0.05) is 68.7 Å². The van der Waals surface area contributed by atoms with Crippen LogP contribution in [0.15, 0.2) is 60.7 Å². The van der Waals surface area contributed by atoms with Crippen molar-refractivity contribution in [2.75, 3.05) is 39.3 Å². The third-order valence-corrected chi connectivity index (χ3v) is 7.47. The number of carbonyl (C=O) groups excluding carboxylic acids is 3. The summed E-state index contributed by atoms with van der Waals surface area (Å²) >= 11 is 0. The van der Waals surface area contributed by atoms with Gasteiger partial charge < -0.3 is 10.2 Å². The van der Waals surface area contributed by atoms with Gasteiger partial charge in [0.25, 0.3) is 11.8 Å². The number of hydrogen-bond acceptors (Lipinski definition) is 5. The molecular weight excluding hydrogens is 464 g/mol. The van der Waals surface area contributed by atoms with Crippen LogP contribution in [0.5, 0.6) is 0 Å². The Bertz CT molecular complexity index is 1250. The van der Waals surface area contributed by atoms with Gasteiger partial charge in [0.05, 0.1) is 0 Å². The molecule has 0 aliphatic carbocycles. The third-order valence-electron chi connectivity index (χ3n) is 7.47. The molecule has 0 aromatic heterocycles. The molecule has 0 spiro atoms.